The highest BCUT2D eigenvalue weighted by Crippen LogP contribution is 2.37. The number of sulfone groups is 1. The quantitative estimate of drug-likeness (QED) is 0.407. The lowest BCUT2D eigenvalue weighted by Gasteiger charge is -2.17. The van der Waals surface area contributed by atoms with E-state index in [1.807, 2.05) is 0 Å². The molecule has 0 aliphatic rings. The third kappa shape index (κ3) is 5.05. The van der Waals surface area contributed by atoms with E-state index in [1.165, 1.54) is 12.1 Å². The molecule has 0 aliphatic carbocycles. The number of hydrogen-bond acceptors (Lipinski definition) is 6. The maximum Gasteiger partial charge on any atom is 0.313 e. The first-order valence-electron chi connectivity index (χ1n) is 6.56. The molecule has 128 valence electrons. The first-order valence-corrected chi connectivity index (χ1v) is 9.20. The average Bonchev–Trinajstić information content (AvgIpc) is 2.42. The fourth-order valence-electron chi connectivity index (χ4n) is 1.98. The van der Waals surface area contributed by atoms with Gasteiger partial charge in [0.05, 0.1) is 27.5 Å². The zero-order valence-corrected chi connectivity index (χ0v) is 14.7. The molecule has 0 aliphatic heterocycles. The maximum atomic E-state index is 12.0. The molecule has 1 rings (SSSR count). The van der Waals surface area contributed by atoms with Gasteiger partial charge in [0.25, 0.3) is 0 Å². The Hall–Kier alpha value is -1.38. The zero-order valence-electron chi connectivity index (χ0n) is 12.4. The Labute approximate surface area is 143 Å². The molecule has 10 heteroatoms. The average molecular weight is 384 g/mol. The van der Waals surface area contributed by atoms with E-state index in [0.29, 0.717) is 0 Å². The zero-order chi connectivity index (χ0) is 17.8. The molecule has 0 N–H and O–H groups in total. The fourth-order valence-corrected chi connectivity index (χ4v) is 3.67. The van der Waals surface area contributed by atoms with Crippen molar-refractivity contribution >= 4 is 39.0 Å². The van der Waals surface area contributed by atoms with E-state index in [4.69, 9.17) is 27.9 Å². The molecule has 0 fully saturated rings. The molecule has 0 aromatic heterocycles. The van der Waals surface area contributed by atoms with Crippen molar-refractivity contribution in [2.75, 3.05) is 19.4 Å². The van der Waals surface area contributed by atoms with Crippen molar-refractivity contribution in [3.63, 3.8) is 0 Å². The summed E-state index contributed by atoms with van der Waals surface area (Å²) in [6, 6.07) is 2.55. The number of hydrogen-bond donors (Lipinski definition) is 0. The van der Waals surface area contributed by atoms with Crippen molar-refractivity contribution in [3.8, 4) is 0 Å². The van der Waals surface area contributed by atoms with Gasteiger partial charge in [-0.05, 0) is 18.6 Å². The van der Waals surface area contributed by atoms with Gasteiger partial charge in [-0.3, -0.25) is 14.9 Å². The summed E-state index contributed by atoms with van der Waals surface area (Å²) >= 11 is 12.1. The van der Waals surface area contributed by atoms with Crippen LogP contribution in [0.3, 0.4) is 0 Å². The third-order valence-corrected chi connectivity index (χ3v) is 5.17. The Morgan fingerprint density at radius 2 is 1.96 bits per heavy atom. The van der Waals surface area contributed by atoms with Crippen molar-refractivity contribution < 1.29 is 22.9 Å². The second-order valence-electron chi connectivity index (χ2n) is 4.70. The standard InChI is InChI=1S/C13H15Cl2NO6S/c1-3-22-13(17)9(6-7-16(18)19)8-4-5-10(23(2,20)21)12(15)11(8)14/h4-5,9H,3,6-7H2,1-2H3. The van der Waals surface area contributed by atoms with Crippen molar-refractivity contribution in [2.24, 2.45) is 0 Å². The molecule has 23 heavy (non-hydrogen) atoms. The second-order valence-corrected chi connectivity index (χ2v) is 7.44. The minimum Gasteiger partial charge on any atom is -0.466 e. The molecule has 0 saturated carbocycles. The van der Waals surface area contributed by atoms with Gasteiger partial charge >= 0.3 is 5.97 Å². The minimum absolute atomic E-state index is 0.0978. The first-order chi connectivity index (χ1) is 10.6. The summed E-state index contributed by atoms with van der Waals surface area (Å²) in [5.74, 6) is -1.68. The number of rotatable bonds is 7. The van der Waals surface area contributed by atoms with Crippen LogP contribution in [0, 0.1) is 10.1 Å². The van der Waals surface area contributed by atoms with E-state index in [9.17, 15) is 23.3 Å². The molecule has 0 heterocycles. The van der Waals surface area contributed by atoms with Gasteiger partial charge in [-0.2, -0.15) is 0 Å². The predicted molar refractivity (Wildman–Crippen MR) is 85.4 cm³/mol. The summed E-state index contributed by atoms with van der Waals surface area (Å²) in [5.41, 5.74) is 0.198. The Kier molecular flexibility index (Phi) is 6.79. The molecule has 0 amide bonds. The van der Waals surface area contributed by atoms with Crippen LogP contribution >= 0.6 is 23.2 Å². The van der Waals surface area contributed by atoms with E-state index < -0.39 is 33.2 Å². The molecule has 1 aromatic rings. The van der Waals surface area contributed by atoms with Crippen LogP contribution in [-0.4, -0.2) is 38.7 Å². The van der Waals surface area contributed by atoms with Crippen LogP contribution in [0.1, 0.15) is 24.8 Å². The van der Waals surface area contributed by atoms with Gasteiger partial charge in [0.1, 0.15) is 0 Å². The molecule has 1 aromatic carbocycles. The molecule has 1 atom stereocenters. The Balaban J connectivity index is 3.33. The van der Waals surface area contributed by atoms with Crippen LogP contribution in [0.15, 0.2) is 17.0 Å². The molecule has 1 unspecified atom stereocenters. The van der Waals surface area contributed by atoms with E-state index in [1.54, 1.807) is 6.92 Å². The Morgan fingerprint density at radius 3 is 2.43 bits per heavy atom. The van der Waals surface area contributed by atoms with Gasteiger partial charge in [-0.1, -0.05) is 29.3 Å². The topological polar surface area (TPSA) is 104 Å². The van der Waals surface area contributed by atoms with Crippen molar-refractivity contribution in [1.82, 2.24) is 0 Å². The summed E-state index contributed by atoms with van der Waals surface area (Å²) in [5, 5.41) is 10.2. The van der Waals surface area contributed by atoms with E-state index in [2.05, 4.69) is 0 Å². The lowest BCUT2D eigenvalue weighted by molar-refractivity contribution is -0.480. The lowest BCUT2D eigenvalue weighted by Crippen LogP contribution is -2.20. The van der Waals surface area contributed by atoms with Gasteiger partial charge in [-0.25, -0.2) is 8.42 Å². The summed E-state index contributed by atoms with van der Waals surface area (Å²) in [6.07, 6.45) is 0.833. The SMILES string of the molecule is CCOC(=O)C(CC[N+](=O)[O-])c1ccc(S(C)(=O)=O)c(Cl)c1Cl. The summed E-state index contributed by atoms with van der Waals surface area (Å²) in [4.78, 5) is 21.9. The van der Waals surface area contributed by atoms with Crippen LogP contribution in [0.5, 0.6) is 0 Å². The van der Waals surface area contributed by atoms with Crippen LogP contribution < -0.4 is 0 Å². The number of carbonyl (C=O) groups excluding carboxylic acids is 1. The highest BCUT2D eigenvalue weighted by Gasteiger charge is 2.29. The predicted octanol–water partition coefficient (Wildman–Crippen LogP) is 2.71. The number of ether oxygens (including phenoxy) is 1. The normalized spacial score (nSPS) is 12.7. The smallest absolute Gasteiger partial charge is 0.313 e. The van der Waals surface area contributed by atoms with Crippen molar-refractivity contribution in [2.45, 2.75) is 24.2 Å². The van der Waals surface area contributed by atoms with Gasteiger partial charge in [0, 0.05) is 17.6 Å². The van der Waals surface area contributed by atoms with Crippen LogP contribution in [0.2, 0.25) is 10.0 Å². The highest BCUT2D eigenvalue weighted by molar-refractivity contribution is 7.90. The number of esters is 1. The Morgan fingerprint density at radius 1 is 1.35 bits per heavy atom. The minimum atomic E-state index is -3.60. The molecule has 0 saturated heterocycles. The number of nitro groups is 1. The monoisotopic (exact) mass is 383 g/mol. The molecule has 0 radical (unpaired) electrons. The summed E-state index contributed by atoms with van der Waals surface area (Å²) in [6.45, 7) is 1.23. The van der Waals surface area contributed by atoms with Crippen molar-refractivity contribution in [3.05, 3.63) is 37.9 Å². The molecule has 0 spiro atoms. The van der Waals surface area contributed by atoms with Gasteiger partial charge in [-0.15, -0.1) is 0 Å². The van der Waals surface area contributed by atoms with Gasteiger partial charge in [0.15, 0.2) is 9.84 Å². The number of carbonyl (C=O) groups is 1. The first kappa shape index (κ1) is 19.7. The summed E-state index contributed by atoms with van der Waals surface area (Å²) in [7, 11) is -3.60. The van der Waals surface area contributed by atoms with Crippen LogP contribution in [0.25, 0.3) is 0 Å². The van der Waals surface area contributed by atoms with Crippen LogP contribution in [-0.2, 0) is 19.4 Å². The molecular formula is C13H15Cl2NO6S. The molecule has 0 bridgehead atoms. The van der Waals surface area contributed by atoms with E-state index in [-0.39, 0.29) is 33.5 Å². The van der Waals surface area contributed by atoms with E-state index >= 15 is 0 Å². The van der Waals surface area contributed by atoms with Gasteiger partial charge < -0.3 is 4.74 Å². The fraction of sp³-hybridized carbons (Fsp3) is 0.462. The Bertz CT molecular complexity index is 719. The van der Waals surface area contributed by atoms with E-state index in [0.717, 1.165) is 6.26 Å². The van der Waals surface area contributed by atoms with Gasteiger partial charge in [0.2, 0.25) is 6.54 Å². The molecular weight excluding hydrogens is 369 g/mol. The third-order valence-electron chi connectivity index (χ3n) is 3.02. The number of nitrogens with zero attached hydrogens (tertiary/aromatic N) is 1. The number of halogens is 2. The second kappa shape index (κ2) is 7.94. The van der Waals surface area contributed by atoms with Crippen molar-refractivity contribution in [1.29, 1.82) is 0 Å². The maximum absolute atomic E-state index is 12.0. The lowest BCUT2D eigenvalue weighted by atomic mass is 9.95. The number of benzene rings is 1. The molecule has 7 nitrogen and oxygen atoms in total. The highest BCUT2D eigenvalue weighted by atomic mass is 35.5. The van der Waals surface area contributed by atoms with Crippen LogP contribution in [0.4, 0.5) is 0 Å². The summed E-state index contributed by atoms with van der Waals surface area (Å²) < 4.78 is 28.1. The largest absolute Gasteiger partial charge is 0.466 e.